The van der Waals surface area contributed by atoms with Crippen molar-refractivity contribution in [2.75, 3.05) is 33.3 Å². The highest BCUT2D eigenvalue weighted by Gasteiger charge is 2.44. The summed E-state index contributed by atoms with van der Waals surface area (Å²) in [5.74, 6) is -7.50. The first kappa shape index (κ1) is 41.0. The van der Waals surface area contributed by atoms with Crippen LogP contribution in [0, 0.1) is 5.82 Å². The van der Waals surface area contributed by atoms with Gasteiger partial charge in [0.2, 0.25) is 0 Å². The van der Waals surface area contributed by atoms with E-state index in [1.54, 1.807) is 0 Å². The molecule has 0 saturated carbocycles. The molecule has 3 unspecified atom stereocenters. The number of halogens is 2. The van der Waals surface area contributed by atoms with Gasteiger partial charge in [-0.1, -0.05) is 36.4 Å². The molecule has 0 spiro atoms. The van der Waals surface area contributed by atoms with Crippen molar-refractivity contribution in [1.29, 1.82) is 0 Å². The minimum Gasteiger partial charge on any atom is -0.534 e. The van der Waals surface area contributed by atoms with Gasteiger partial charge in [-0.3, -0.25) is 23.8 Å². The number of hydrogen-bond acceptors (Lipinski definition) is 11. The number of nitrogens with one attached hydrogen (secondary N) is 2. The lowest BCUT2D eigenvalue weighted by Crippen LogP contribution is -2.61. The molecule has 3 aliphatic heterocycles. The normalized spacial score (nSPS) is 18.8. The molecule has 3 aromatic carbocycles. The van der Waals surface area contributed by atoms with Gasteiger partial charge in [-0.15, -0.1) is 0 Å². The number of urea groups is 1. The number of imide groups is 1. The van der Waals surface area contributed by atoms with E-state index >= 15 is 0 Å². The number of carbonyl (C=O) groups is 5. The number of piperazine rings is 1. The van der Waals surface area contributed by atoms with Crippen molar-refractivity contribution >= 4 is 61.3 Å². The van der Waals surface area contributed by atoms with Gasteiger partial charge in [0.05, 0.1) is 33.9 Å². The van der Waals surface area contributed by atoms with E-state index in [0.717, 1.165) is 24.3 Å². The van der Waals surface area contributed by atoms with Gasteiger partial charge in [0.15, 0.2) is 11.5 Å². The fourth-order valence-electron chi connectivity index (χ4n) is 6.98. The molecule has 3 aliphatic rings. The molecule has 0 aromatic heterocycles. The van der Waals surface area contributed by atoms with Crippen LogP contribution in [0.3, 0.4) is 0 Å². The lowest BCUT2D eigenvalue weighted by Gasteiger charge is -2.37. The predicted octanol–water partition coefficient (Wildman–Crippen LogP) is 1.51. The quantitative estimate of drug-likeness (QED) is 0.0662. The molecular weight excluding hydrogens is 795 g/mol. The number of carbonyl (C=O) groups excluding carboxylic acids is 4. The van der Waals surface area contributed by atoms with Gasteiger partial charge in [-0.05, 0) is 54.3 Å². The van der Waals surface area contributed by atoms with Gasteiger partial charge in [0.1, 0.15) is 17.1 Å². The van der Waals surface area contributed by atoms with E-state index in [0.29, 0.717) is 16.9 Å². The molecule has 22 heteroatoms. The molecule has 3 heterocycles. The number of aromatic carboxylic acids is 1. The molecule has 3 atom stereocenters. The number of phenolic OH excluding ortho intramolecular Hbond substituents is 2. The molecular formula is C35H35BClFN5O13P. The van der Waals surface area contributed by atoms with E-state index in [1.165, 1.54) is 41.2 Å². The first-order chi connectivity index (χ1) is 26.9. The largest absolute Gasteiger partial charge is 0.549 e. The summed E-state index contributed by atoms with van der Waals surface area (Å²) in [5.41, 5.74) is -0.129. The van der Waals surface area contributed by atoms with Crippen molar-refractivity contribution in [3.8, 4) is 17.2 Å². The molecule has 0 aliphatic carbocycles. The van der Waals surface area contributed by atoms with Gasteiger partial charge in [0.25, 0.3) is 5.91 Å². The lowest BCUT2D eigenvalue weighted by molar-refractivity contribution is -0.155. The summed E-state index contributed by atoms with van der Waals surface area (Å²) in [7, 11) is -4.58. The Morgan fingerprint density at radius 3 is 2.40 bits per heavy atom. The zero-order valence-electron chi connectivity index (χ0n) is 29.9. The zero-order valence-corrected chi connectivity index (χ0v) is 31.6. The Hall–Kier alpha value is -5.66. The van der Waals surface area contributed by atoms with Crippen LogP contribution in [-0.2, 0) is 25.2 Å². The monoisotopic (exact) mass is 829 g/mol. The van der Waals surface area contributed by atoms with Crippen molar-refractivity contribution in [2.24, 2.45) is 0 Å². The predicted molar refractivity (Wildman–Crippen MR) is 198 cm³/mol. The standard InChI is InChI=1S/C35H35BClFN5O13P/c1-17(39-25-15-19-5-9-23(38)26(34(49)50)30(19)56-36(25)55-2)28(18-3-6-21(7-4-18)57(52,53)54)40-35(51)43-14-13-42(32(47)33(43)48)20-11-12-41(16-20)31(46)22-8-10-24(44)29(45)27(22)37/h3-10,20,25,28,39,44-45H,1,11-16H2,2H3,(H,40,51)(H,49,50)(H2,52,53,54). The highest BCUT2D eigenvalue weighted by Crippen LogP contribution is 2.37. The average Bonchev–Trinajstić information content (AvgIpc) is 3.66. The second-order valence-electron chi connectivity index (χ2n) is 13.4. The molecule has 0 bridgehead atoms. The van der Waals surface area contributed by atoms with Gasteiger partial charge in [-0.25, -0.2) is 14.0 Å². The summed E-state index contributed by atoms with van der Waals surface area (Å²) in [6.07, 6.45) is 0.329. The van der Waals surface area contributed by atoms with E-state index in [2.05, 4.69) is 17.2 Å². The Balaban J connectivity index is 1.18. The topological polar surface area (TPSA) is 256 Å². The van der Waals surface area contributed by atoms with Crippen molar-refractivity contribution in [3.05, 3.63) is 93.9 Å². The van der Waals surface area contributed by atoms with Crippen LogP contribution < -0.4 is 20.6 Å². The van der Waals surface area contributed by atoms with E-state index in [1.807, 2.05) is 0 Å². The number of likely N-dealkylation sites (tertiary alicyclic amines) is 1. The number of hydrogen-bond donors (Lipinski definition) is 7. The Morgan fingerprint density at radius 1 is 1.05 bits per heavy atom. The third-order valence-corrected chi connectivity index (χ3v) is 11.3. The summed E-state index contributed by atoms with van der Waals surface area (Å²) in [6, 6.07) is 6.79. The third kappa shape index (κ3) is 8.12. The Kier molecular flexibility index (Phi) is 11.6. The average molecular weight is 830 g/mol. The summed E-state index contributed by atoms with van der Waals surface area (Å²) in [6.45, 7) is 3.91. The molecule has 300 valence electrons. The Morgan fingerprint density at radius 2 is 1.75 bits per heavy atom. The number of benzene rings is 3. The summed E-state index contributed by atoms with van der Waals surface area (Å²) >= 11 is 6.07. The number of nitrogens with zero attached hydrogens (tertiary/aromatic N) is 3. The van der Waals surface area contributed by atoms with Crippen LogP contribution in [0.25, 0.3) is 0 Å². The van der Waals surface area contributed by atoms with Crippen LogP contribution in [-0.4, -0.2) is 122 Å². The molecule has 0 radical (unpaired) electrons. The van der Waals surface area contributed by atoms with Gasteiger partial charge in [-0.2, -0.15) is 0 Å². The van der Waals surface area contributed by atoms with Gasteiger partial charge < -0.3 is 54.8 Å². The maximum absolute atomic E-state index is 14.4. The maximum Gasteiger partial charge on any atom is 0.549 e. The summed E-state index contributed by atoms with van der Waals surface area (Å²) in [5, 5.41) is 34.3. The SMILES string of the molecule is C=C(NC1Cc2ccc(F)c(C(=O)O)c2OB1OC)C(NC(=O)N1CCN(C2CCN(C(=O)c3ccc(O)c(O)c3Cl)C2)C(=O)C1=O)c1ccc(P(=O)(O)O)cc1. The van der Waals surface area contributed by atoms with E-state index in [9.17, 15) is 58.0 Å². The van der Waals surface area contributed by atoms with Crippen LogP contribution in [0.15, 0.2) is 60.8 Å². The fraction of sp³-hybridized carbons (Fsp3) is 0.286. The number of rotatable bonds is 10. The van der Waals surface area contributed by atoms with Crippen molar-refractivity contribution in [3.63, 3.8) is 0 Å². The zero-order chi connectivity index (χ0) is 41.5. The number of amides is 5. The molecule has 2 fully saturated rings. The molecule has 5 amide bonds. The highest BCUT2D eigenvalue weighted by molar-refractivity contribution is 7.60. The van der Waals surface area contributed by atoms with Crippen LogP contribution in [0.1, 0.15) is 44.3 Å². The van der Waals surface area contributed by atoms with Crippen LogP contribution in [0.5, 0.6) is 17.2 Å². The van der Waals surface area contributed by atoms with Crippen molar-refractivity contribution in [2.45, 2.75) is 30.9 Å². The van der Waals surface area contributed by atoms with Crippen LogP contribution in [0.4, 0.5) is 9.18 Å². The first-order valence-electron chi connectivity index (χ1n) is 17.2. The highest BCUT2D eigenvalue weighted by atomic mass is 35.5. The van der Waals surface area contributed by atoms with Gasteiger partial charge in [0, 0.05) is 39.0 Å². The summed E-state index contributed by atoms with van der Waals surface area (Å²) in [4.78, 5) is 88.2. The number of aromatic hydroxyl groups is 2. The van der Waals surface area contributed by atoms with E-state index < -0.39 is 85.3 Å². The minimum atomic E-state index is -4.66. The van der Waals surface area contributed by atoms with E-state index in [4.69, 9.17) is 20.9 Å². The number of carboxylic acid groups (broad SMARTS) is 1. The van der Waals surface area contributed by atoms with Crippen molar-refractivity contribution in [1.82, 2.24) is 25.3 Å². The fourth-order valence-corrected chi connectivity index (χ4v) is 7.75. The molecule has 2 saturated heterocycles. The number of fused-ring (bicyclic) bond motifs is 1. The van der Waals surface area contributed by atoms with Gasteiger partial charge >= 0.3 is 38.5 Å². The van der Waals surface area contributed by atoms with E-state index in [-0.39, 0.29) is 65.5 Å². The molecule has 7 N–H and O–H groups in total. The third-order valence-electron chi connectivity index (χ3n) is 9.90. The first-order valence-corrected chi connectivity index (χ1v) is 19.2. The number of phenols is 2. The lowest BCUT2D eigenvalue weighted by atomic mass is 9.71. The number of carboxylic acids is 1. The Bertz CT molecular complexity index is 2230. The Labute approximate surface area is 328 Å². The second kappa shape index (κ2) is 16.1. The summed E-state index contributed by atoms with van der Waals surface area (Å²) < 4.78 is 37.5. The molecule has 57 heavy (non-hydrogen) atoms. The van der Waals surface area contributed by atoms with Crippen molar-refractivity contribution < 1.29 is 67.3 Å². The maximum atomic E-state index is 14.4. The molecule has 18 nitrogen and oxygen atoms in total. The van der Waals surface area contributed by atoms with Crippen LogP contribution in [0.2, 0.25) is 5.02 Å². The molecule has 3 aromatic rings. The van der Waals surface area contributed by atoms with Crippen LogP contribution >= 0.6 is 19.2 Å². The minimum absolute atomic E-state index is 0.0184. The molecule has 6 rings (SSSR count). The second-order valence-corrected chi connectivity index (χ2v) is 15.4. The smallest absolute Gasteiger partial charge is 0.534 e.